The first kappa shape index (κ1) is 17.1. The summed E-state index contributed by atoms with van der Waals surface area (Å²) in [5.74, 6) is -0.155. The van der Waals surface area contributed by atoms with E-state index < -0.39 is 5.60 Å². The van der Waals surface area contributed by atoms with Gasteiger partial charge in [0, 0.05) is 32.4 Å². The number of fused-ring (bicyclic) bond motifs is 1. The molecule has 3 heterocycles. The highest BCUT2D eigenvalue weighted by atomic mass is 16.3. The van der Waals surface area contributed by atoms with Crippen molar-refractivity contribution in [2.24, 2.45) is 0 Å². The van der Waals surface area contributed by atoms with Gasteiger partial charge in [0.05, 0.1) is 24.0 Å². The largest absolute Gasteiger partial charge is 0.387 e. The summed E-state index contributed by atoms with van der Waals surface area (Å²) in [6, 6.07) is 8.48. The molecule has 1 saturated heterocycles. The molecule has 4 rings (SSSR count). The maximum atomic E-state index is 12.6. The van der Waals surface area contributed by atoms with Gasteiger partial charge in [-0.2, -0.15) is 0 Å². The average molecular weight is 352 g/mol. The first-order valence-electron chi connectivity index (χ1n) is 9.12. The topological polar surface area (TPSA) is 69.6 Å². The minimum absolute atomic E-state index is 0.155. The third-order valence-electron chi connectivity index (χ3n) is 5.35. The molecular formula is C20H24N4O2. The number of carbonyl (C=O) groups excluding carboxylic acids is 1. The maximum Gasteiger partial charge on any atom is 0.274 e. The predicted molar refractivity (Wildman–Crippen MR) is 97.7 cm³/mol. The second-order valence-corrected chi connectivity index (χ2v) is 7.47. The van der Waals surface area contributed by atoms with E-state index in [0.717, 1.165) is 25.2 Å². The molecule has 0 spiro atoms. The third kappa shape index (κ3) is 3.48. The number of hydrogen-bond acceptors (Lipinski definition) is 5. The van der Waals surface area contributed by atoms with E-state index in [2.05, 4.69) is 39.1 Å². The molecule has 0 bridgehead atoms. The van der Waals surface area contributed by atoms with Gasteiger partial charge in [0.2, 0.25) is 0 Å². The van der Waals surface area contributed by atoms with Crippen LogP contribution in [-0.4, -0.2) is 62.6 Å². The zero-order valence-corrected chi connectivity index (χ0v) is 15.1. The second kappa shape index (κ2) is 6.78. The molecule has 1 amide bonds. The lowest BCUT2D eigenvalue weighted by Crippen LogP contribution is -2.47. The lowest BCUT2D eigenvalue weighted by atomic mass is 9.97. The van der Waals surface area contributed by atoms with Gasteiger partial charge >= 0.3 is 0 Å². The van der Waals surface area contributed by atoms with Crippen molar-refractivity contribution in [1.29, 1.82) is 0 Å². The average Bonchev–Trinajstić information content (AvgIpc) is 3.03. The molecule has 1 unspecified atom stereocenters. The normalized spacial score (nSPS) is 23.1. The lowest BCUT2D eigenvalue weighted by Gasteiger charge is -2.34. The number of benzene rings is 1. The van der Waals surface area contributed by atoms with Crippen molar-refractivity contribution in [2.75, 3.05) is 26.2 Å². The van der Waals surface area contributed by atoms with Gasteiger partial charge in [0.25, 0.3) is 5.91 Å². The Morgan fingerprint density at radius 3 is 2.77 bits per heavy atom. The molecule has 0 radical (unpaired) electrons. The summed E-state index contributed by atoms with van der Waals surface area (Å²) in [7, 11) is 0. The van der Waals surface area contributed by atoms with Gasteiger partial charge in [-0.25, -0.2) is 4.98 Å². The quantitative estimate of drug-likeness (QED) is 0.905. The lowest BCUT2D eigenvalue weighted by molar-refractivity contribution is 0.00799. The van der Waals surface area contributed by atoms with Gasteiger partial charge in [0.1, 0.15) is 5.69 Å². The molecule has 0 saturated carbocycles. The number of rotatable bonds is 3. The summed E-state index contributed by atoms with van der Waals surface area (Å²) >= 11 is 0. The molecular weight excluding hydrogens is 328 g/mol. The summed E-state index contributed by atoms with van der Waals surface area (Å²) in [6.45, 7) is 5.12. The Balaban J connectivity index is 1.39. The highest BCUT2D eigenvalue weighted by molar-refractivity contribution is 5.92. The Kier molecular flexibility index (Phi) is 4.46. The van der Waals surface area contributed by atoms with Crippen molar-refractivity contribution >= 4 is 5.91 Å². The van der Waals surface area contributed by atoms with Crippen LogP contribution in [0.25, 0.3) is 0 Å². The van der Waals surface area contributed by atoms with Gasteiger partial charge < -0.3 is 10.0 Å². The summed E-state index contributed by atoms with van der Waals surface area (Å²) in [5, 5.41) is 11.0. The van der Waals surface area contributed by atoms with Gasteiger partial charge in [-0.1, -0.05) is 24.3 Å². The highest BCUT2D eigenvalue weighted by Gasteiger charge is 2.40. The predicted octanol–water partition coefficient (Wildman–Crippen LogP) is 1.42. The minimum atomic E-state index is -0.861. The summed E-state index contributed by atoms with van der Waals surface area (Å²) < 4.78 is 0. The van der Waals surface area contributed by atoms with Crippen LogP contribution in [0.3, 0.4) is 0 Å². The van der Waals surface area contributed by atoms with E-state index in [1.165, 1.54) is 17.3 Å². The van der Waals surface area contributed by atoms with Crippen molar-refractivity contribution in [3.05, 3.63) is 59.2 Å². The SMILES string of the molecule is Cc1cnc(C(=O)N2CCC(O)(CN3CCc4ccccc4C3)C2)cn1. The maximum absolute atomic E-state index is 12.6. The van der Waals surface area contributed by atoms with Crippen molar-refractivity contribution in [1.82, 2.24) is 19.8 Å². The number of aliphatic hydroxyl groups is 1. The number of hydrogen-bond donors (Lipinski definition) is 1. The molecule has 1 N–H and O–H groups in total. The zero-order valence-electron chi connectivity index (χ0n) is 15.1. The standard InChI is InChI=1S/C20H24N4O2/c1-15-10-22-18(11-21-15)19(25)24-9-7-20(26,14-24)13-23-8-6-16-4-2-3-5-17(16)12-23/h2-5,10-11,26H,6-9,12-14H2,1H3. The monoisotopic (exact) mass is 352 g/mol. The van der Waals surface area contributed by atoms with Crippen LogP contribution >= 0.6 is 0 Å². The summed E-state index contributed by atoms with van der Waals surface area (Å²) in [4.78, 5) is 24.9. The molecule has 1 aromatic carbocycles. The fourth-order valence-electron chi connectivity index (χ4n) is 3.93. The van der Waals surface area contributed by atoms with Gasteiger partial charge in [-0.3, -0.25) is 14.7 Å². The molecule has 1 aromatic heterocycles. The number of β-amino-alcohol motifs (C(OH)–C–C–N with tert-alkyl or cyclic N) is 1. The van der Waals surface area contributed by atoms with Crippen LogP contribution in [-0.2, 0) is 13.0 Å². The van der Waals surface area contributed by atoms with E-state index >= 15 is 0 Å². The van der Waals surface area contributed by atoms with E-state index in [4.69, 9.17) is 0 Å². The number of aryl methyl sites for hydroxylation is 1. The number of amides is 1. The van der Waals surface area contributed by atoms with Gasteiger partial charge in [-0.05, 0) is 30.9 Å². The molecule has 2 aromatic rings. The highest BCUT2D eigenvalue weighted by Crippen LogP contribution is 2.26. The van der Waals surface area contributed by atoms with Crippen LogP contribution in [0.2, 0.25) is 0 Å². The van der Waals surface area contributed by atoms with Crippen molar-refractivity contribution in [3.63, 3.8) is 0 Å². The van der Waals surface area contributed by atoms with Gasteiger partial charge in [-0.15, -0.1) is 0 Å². The molecule has 26 heavy (non-hydrogen) atoms. The second-order valence-electron chi connectivity index (χ2n) is 7.47. The van der Waals surface area contributed by atoms with E-state index in [-0.39, 0.29) is 5.91 Å². The first-order valence-corrected chi connectivity index (χ1v) is 9.12. The minimum Gasteiger partial charge on any atom is -0.387 e. The van der Waals surface area contributed by atoms with E-state index in [1.807, 2.05) is 6.92 Å². The van der Waals surface area contributed by atoms with Crippen LogP contribution in [0.4, 0.5) is 0 Å². The van der Waals surface area contributed by atoms with Gasteiger partial charge in [0.15, 0.2) is 0 Å². The Bertz CT molecular complexity index is 808. The number of aromatic nitrogens is 2. The van der Waals surface area contributed by atoms with Crippen LogP contribution in [0, 0.1) is 6.92 Å². The van der Waals surface area contributed by atoms with Crippen LogP contribution in [0.5, 0.6) is 0 Å². The molecule has 136 valence electrons. The van der Waals surface area contributed by atoms with Crippen molar-refractivity contribution in [3.8, 4) is 0 Å². The van der Waals surface area contributed by atoms with E-state index in [0.29, 0.717) is 31.7 Å². The Morgan fingerprint density at radius 1 is 1.19 bits per heavy atom. The number of nitrogens with zero attached hydrogens (tertiary/aromatic N) is 4. The van der Waals surface area contributed by atoms with Crippen molar-refractivity contribution < 1.29 is 9.90 Å². The summed E-state index contributed by atoms with van der Waals surface area (Å²) in [5.41, 5.74) is 3.00. The third-order valence-corrected chi connectivity index (χ3v) is 5.35. The van der Waals surface area contributed by atoms with Crippen molar-refractivity contribution in [2.45, 2.75) is 31.9 Å². The van der Waals surface area contributed by atoms with Crippen LogP contribution in [0.1, 0.15) is 33.7 Å². The number of carbonyl (C=O) groups is 1. The molecule has 2 aliphatic rings. The molecule has 2 aliphatic heterocycles. The van der Waals surface area contributed by atoms with Crippen LogP contribution < -0.4 is 0 Å². The number of likely N-dealkylation sites (tertiary alicyclic amines) is 1. The Labute approximate surface area is 153 Å². The molecule has 1 fully saturated rings. The molecule has 6 heteroatoms. The fourth-order valence-corrected chi connectivity index (χ4v) is 3.93. The van der Waals surface area contributed by atoms with E-state index in [9.17, 15) is 9.90 Å². The molecule has 6 nitrogen and oxygen atoms in total. The van der Waals surface area contributed by atoms with E-state index in [1.54, 1.807) is 11.1 Å². The zero-order chi connectivity index (χ0) is 18.1. The first-order chi connectivity index (χ1) is 12.5. The molecule has 1 atom stereocenters. The summed E-state index contributed by atoms with van der Waals surface area (Å²) in [6.07, 6.45) is 4.71. The Morgan fingerprint density at radius 2 is 2.00 bits per heavy atom. The Hall–Kier alpha value is -2.31. The van der Waals surface area contributed by atoms with Crippen LogP contribution in [0.15, 0.2) is 36.7 Å². The smallest absolute Gasteiger partial charge is 0.274 e. The fraction of sp³-hybridized carbons (Fsp3) is 0.450. The molecule has 0 aliphatic carbocycles.